The monoisotopic (exact) mass is 667 g/mol. The average Bonchev–Trinajstić information content (AvgIpc) is 2.99. The molecule has 0 saturated carbocycles. The van der Waals surface area contributed by atoms with Gasteiger partial charge in [-0.15, -0.1) is 0 Å². The Labute approximate surface area is 287 Å². The largest absolute Gasteiger partial charge is 0.458 e. The molecule has 3 unspecified atom stereocenters. The van der Waals surface area contributed by atoms with Gasteiger partial charge in [-0.05, 0) is 71.6 Å². The molecule has 10 heteroatoms. The number of aliphatic hydroxyl groups is 1. The van der Waals surface area contributed by atoms with Crippen LogP contribution in [0, 0.1) is 6.92 Å². The van der Waals surface area contributed by atoms with Crippen LogP contribution in [-0.4, -0.2) is 70.3 Å². The summed E-state index contributed by atoms with van der Waals surface area (Å²) in [6.45, 7) is 13.8. The van der Waals surface area contributed by atoms with Crippen molar-refractivity contribution in [3.05, 3.63) is 71.3 Å². The highest BCUT2D eigenvalue weighted by atomic mass is 16.6. The number of nitrogens with one attached hydrogen (secondary N) is 2. The van der Waals surface area contributed by atoms with Crippen LogP contribution in [0.4, 0.5) is 4.79 Å². The molecule has 0 radical (unpaired) electrons. The zero-order valence-electron chi connectivity index (χ0n) is 30.1. The summed E-state index contributed by atoms with van der Waals surface area (Å²) >= 11 is 0. The van der Waals surface area contributed by atoms with Gasteiger partial charge in [-0.3, -0.25) is 9.59 Å². The molecule has 3 amide bonds. The average molecular weight is 668 g/mol. The minimum absolute atomic E-state index is 0.173. The number of nitrogens with zero attached hydrogens (tertiary/aromatic N) is 1. The Morgan fingerprint density at radius 2 is 1.35 bits per heavy atom. The van der Waals surface area contributed by atoms with Crippen molar-refractivity contribution >= 4 is 23.9 Å². The summed E-state index contributed by atoms with van der Waals surface area (Å²) < 4.78 is 11.1. The maximum absolute atomic E-state index is 14.5. The molecule has 0 bridgehead atoms. The van der Waals surface area contributed by atoms with Gasteiger partial charge in [-0.25, -0.2) is 9.59 Å². The van der Waals surface area contributed by atoms with Crippen LogP contribution in [0.1, 0.15) is 110 Å². The number of ether oxygens (including phenoxy) is 2. The van der Waals surface area contributed by atoms with E-state index in [0.29, 0.717) is 12.0 Å². The first-order chi connectivity index (χ1) is 22.6. The third-order valence-electron chi connectivity index (χ3n) is 7.54. The van der Waals surface area contributed by atoms with Crippen LogP contribution in [0.15, 0.2) is 54.6 Å². The zero-order chi connectivity index (χ0) is 35.9. The molecular formula is C38H57N3O7. The van der Waals surface area contributed by atoms with Crippen LogP contribution in [0.5, 0.6) is 0 Å². The van der Waals surface area contributed by atoms with E-state index in [9.17, 15) is 24.3 Å². The molecule has 48 heavy (non-hydrogen) atoms. The molecule has 2 rings (SSSR count). The first kappa shape index (κ1) is 40.3. The normalized spacial score (nSPS) is 13.5. The molecule has 266 valence electrons. The van der Waals surface area contributed by atoms with E-state index in [1.54, 1.807) is 53.7 Å². The number of alkyl carbamates (subject to hydrolysis) is 1. The summed E-state index contributed by atoms with van der Waals surface area (Å²) in [5.74, 6) is -1.82. The minimum Gasteiger partial charge on any atom is -0.458 e. The molecule has 2 aromatic carbocycles. The van der Waals surface area contributed by atoms with Crippen molar-refractivity contribution in [2.24, 2.45) is 0 Å². The molecule has 0 aliphatic carbocycles. The van der Waals surface area contributed by atoms with Gasteiger partial charge in [0.1, 0.15) is 29.3 Å². The van der Waals surface area contributed by atoms with Gasteiger partial charge in [0.15, 0.2) is 0 Å². The third-order valence-corrected chi connectivity index (χ3v) is 7.54. The lowest BCUT2D eigenvalue weighted by Crippen LogP contribution is -2.56. The lowest BCUT2D eigenvalue weighted by molar-refractivity contribution is -0.159. The van der Waals surface area contributed by atoms with E-state index in [1.165, 1.54) is 4.90 Å². The Morgan fingerprint density at radius 1 is 0.771 bits per heavy atom. The van der Waals surface area contributed by atoms with Crippen LogP contribution in [0.3, 0.4) is 0 Å². The second-order valence-corrected chi connectivity index (χ2v) is 14.2. The van der Waals surface area contributed by atoms with Crippen molar-refractivity contribution < 1.29 is 33.8 Å². The number of hydrogen-bond donors (Lipinski definition) is 3. The van der Waals surface area contributed by atoms with E-state index in [-0.39, 0.29) is 13.0 Å². The number of carbonyl (C=O) groups is 4. The SMILES string of the molecule is CCCCCCCCN(C(=O)C(CO)NC(=O)OC(C)(C)C)C(C(=O)NC(Cc1ccccc1)C(=O)OC(C)(C)C)c1ccccc1C. The van der Waals surface area contributed by atoms with Gasteiger partial charge in [-0.1, -0.05) is 93.6 Å². The van der Waals surface area contributed by atoms with Crippen LogP contribution in [0.25, 0.3) is 0 Å². The molecular weight excluding hydrogens is 610 g/mol. The summed E-state index contributed by atoms with van der Waals surface area (Å²) in [6, 6.07) is 13.0. The Morgan fingerprint density at radius 3 is 1.94 bits per heavy atom. The second-order valence-electron chi connectivity index (χ2n) is 14.2. The van der Waals surface area contributed by atoms with E-state index in [1.807, 2.05) is 49.4 Å². The van der Waals surface area contributed by atoms with Crippen molar-refractivity contribution in [1.82, 2.24) is 15.5 Å². The van der Waals surface area contributed by atoms with Crippen LogP contribution in [-0.2, 0) is 30.3 Å². The molecule has 2 aromatic rings. The van der Waals surface area contributed by atoms with E-state index >= 15 is 0 Å². The lowest BCUT2D eigenvalue weighted by Gasteiger charge is -2.35. The summed E-state index contributed by atoms with van der Waals surface area (Å²) in [6.07, 6.45) is 4.95. The molecule has 0 fully saturated rings. The fourth-order valence-electron chi connectivity index (χ4n) is 5.28. The molecule has 0 aromatic heterocycles. The van der Waals surface area contributed by atoms with E-state index in [0.717, 1.165) is 43.2 Å². The number of carbonyl (C=O) groups excluding carboxylic acids is 4. The summed E-state index contributed by atoms with van der Waals surface area (Å²) in [7, 11) is 0. The highest BCUT2D eigenvalue weighted by molar-refractivity contribution is 5.94. The standard InChI is InChI=1S/C38H57N3O7/c1-9-10-11-12-13-19-24-41(34(44)31(26-42)40-36(46)48-38(6,7)8)32(29-23-18-17-20-27(29)2)33(43)39-30(35(45)47-37(3,4)5)25-28-21-15-14-16-22-28/h14-18,20-23,30-32,42H,9-13,19,24-26H2,1-8H3,(H,39,43)(H,40,46). The summed E-state index contributed by atoms with van der Waals surface area (Å²) in [4.78, 5) is 56.4. The number of unbranched alkanes of at least 4 members (excludes halogenated alkanes) is 5. The first-order valence-electron chi connectivity index (χ1n) is 17.1. The topological polar surface area (TPSA) is 134 Å². The zero-order valence-corrected chi connectivity index (χ0v) is 30.1. The predicted octanol–water partition coefficient (Wildman–Crippen LogP) is 6.18. The number of benzene rings is 2. The van der Waals surface area contributed by atoms with Crippen molar-refractivity contribution in [3.8, 4) is 0 Å². The molecule has 10 nitrogen and oxygen atoms in total. The maximum atomic E-state index is 14.5. The summed E-state index contributed by atoms with van der Waals surface area (Å²) in [5.41, 5.74) is 0.516. The first-order valence-corrected chi connectivity index (χ1v) is 17.1. The Balaban J connectivity index is 2.57. The van der Waals surface area contributed by atoms with E-state index < -0.39 is 59.8 Å². The third kappa shape index (κ3) is 14.1. The van der Waals surface area contributed by atoms with Crippen LogP contribution in [0.2, 0.25) is 0 Å². The molecule has 0 spiro atoms. The number of aliphatic hydroxyl groups excluding tert-OH is 1. The Hall–Kier alpha value is -3.92. The molecule has 0 aliphatic heterocycles. The fourth-order valence-corrected chi connectivity index (χ4v) is 5.28. The number of rotatable bonds is 17. The lowest BCUT2D eigenvalue weighted by atomic mass is 9.96. The van der Waals surface area contributed by atoms with E-state index in [4.69, 9.17) is 9.47 Å². The quantitative estimate of drug-likeness (QED) is 0.136. The van der Waals surface area contributed by atoms with Crippen molar-refractivity contribution in [3.63, 3.8) is 0 Å². The number of esters is 1. The van der Waals surface area contributed by atoms with Gasteiger partial charge in [-0.2, -0.15) is 0 Å². The maximum Gasteiger partial charge on any atom is 0.408 e. The van der Waals surface area contributed by atoms with Crippen molar-refractivity contribution in [1.29, 1.82) is 0 Å². The molecule has 0 aliphatic rings. The Kier molecular flexibility index (Phi) is 16.1. The predicted molar refractivity (Wildman–Crippen MR) is 187 cm³/mol. The molecule has 0 saturated heterocycles. The Bertz CT molecular complexity index is 1320. The minimum atomic E-state index is -1.37. The fraction of sp³-hybridized carbons (Fsp3) is 0.579. The number of amides is 3. The van der Waals surface area contributed by atoms with Gasteiger partial charge >= 0.3 is 12.1 Å². The van der Waals surface area contributed by atoms with Crippen molar-refractivity contribution in [2.45, 2.75) is 130 Å². The van der Waals surface area contributed by atoms with Gasteiger partial charge in [0, 0.05) is 13.0 Å². The van der Waals surface area contributed by atoms with Crippen LogP contribution < -0.4 is 10.6 Å². The van der Waals surface area contributed by atoms with Gasteiger partial charge in [0.2, 0.25) is 11.8 Å². The highest BCUT2D eigenvalue weighted by Crippen LogP contribution is 2.27. The van der Waals surface area contributed by atoms with Gasteiger partial charge in [0.05, 0.1) is 6.61 Å². The molecule has 3 atom stereocenters. The number of aryl methyl sites for hydroxylation is 1. The second kappa shape index (κ2) is 19.2. The number of hydrogen-bond acceptors (Lipinski definition) is 7. The highest BCUT2D eigenvalue weighted by Gasteiger charge is 2.38. The summed E-state index contributed by atoms with van der Waals surface area (Å²) in [5, 5.41) is 15.7. The van der Waals surface area contributed by atoms with Crippen LogP contribution >= 0.6 is 0 Å². The smallest absolute Gasteiger partial charge is 0.408 e. The van der Waals surface area contributed by atoms with Gasteiger partial charge < -0.3 is 30.1 Å². The molecule has 3 N–H and O–H groups in total. The van der Waals surface area contributed by atoms with E-state index in [2.05, 4.69) is 17.6 Å². The van der Waals surface area contributed by atoms with Crippen molar-refractivity contribution in [2.75, 3.05) is 13.2 Å². The van der Waals surface area contributed by atoms with Gasteiger partial charge in [0.25, 0.3) is 0 Å². The molecule has 0 heterocycles.